The Morgan fingerprint density at radius 1 is 0.677 bits per heavy atom. The fourth-order valence-electron chi connectivity index (χ4n) is 2.72. The van der Waals surface area contributed by atoms with E-state index in [9.17, 15) is 14.4 Å². The zero-order valence-corrected chi connectivity index (χ0v) is 17.3. The maximum Gasteiger partial charge on any atom is 0.341 e. The Bertz CT molecular complexity index is 934. The highest BCUT2D eigenvalue weighted by molar-refractivity contribution is 5.89. The summed E-state index contributed by atoms with van der Waals surface area (Å²) in [6, 6.07) is 0. The molecule has 12 heteroatoms. The van der Waals surface area contributed by atoms with Gasteiger partial charge in [0.15, 0.2) is 0 Å². The van der Waals surface area contributed by atoms with Crippen LogP contribution in [0.2, 0.25) is 0 Å². The van der Waals surface area contributed by atoms with E-state index in [1.165, 1.54) is 51.2 Å². The summed E-state index contributed by atoms with van der Waals surface area (Å²) in [6.45, 7) is 5.76. The fraction of sp³-hybridized carbons (Fsp3) is 0.368. The highest BCUT2D eigenvalue weighted by atomic mass is 16.5. The van der Waals surface area contributed by atoms with Gasteiger partial charge in [0.2, 0.25) is 6.29 Å². The lowest BCUT2D eigenvalue weighted by atomic mass is 10.4. The molecule has 0 aliphatic carbocycles. The number of carbonyl (C=O) groups excluding carboxylic acids is 3. The van der Waals surface area contributed by atoms with E-state index in [0.29, 0.717) is 0 Å². The van der Waals surface area contributed by atoms with Crippen molar-refractivity contribution in [2.45, 2.75) is 27.1 Å². The molecule has 0 N–H and O–H groups in total. The summed E-state index contributed by atoms with van der Waals surface area (Å²) in [7, 11) is 0. The molecule has 0 saturated heterocycles. The summed E-state index contributed by atoms with van der Waals surface area (Å²) >= 11 is 0. The molecule has 0 fully saturated rings. The van der Waals surface area contributed by atoms with Gasteiger partial charge in [0.25, 0.3) is 0 Å². The van der Waals surface area contributed by atoms with Crippen molar-refractivity contribution in [2.24, 2.45) is 0 Å². The van der Waals surface area contributed by atoms with Gasteiger partial charge < -0.3 is 14.2 Å². The normalized spacial score (nSPS) is 10.8. The van der Waals surface area contributed by atoms with Gasteiger partial charge in [-0.1, -0.05) is 0 Å². The number of esters is 3. The molecule has 0 spiro atoms. The van der Waals surface area contributed by atoms with Gasteiger partial charge in [-0.15, -0.1) is 0 Å². The number of ether oxygens (including phenoxy) is 3. The van der Waals surface area contributed by atoms with Crippen LogP contribution >= 0.6 is 0 Å². The summed E-state index contributed by atoms with van der Waals surface area (Å²) < 4.78 is 19.2. The lowest BCUT2D eigenvalue weighted by Crippen LogP contribution is -2.27. The first-order valence-electron chi connectivity index (χ1n) is 9.62. The Balaban J connectivity index is 2.00. The van der Waals surface area contributed by atoms with Crippen LogP contribution in [-0.4, -0.2) is 67.1 Å². The van der Waals surface area contributed by atoms with Crippen molar-refractivity contribution in [3.8, 4) is 0 Å². The van der Waals surface area contributed by atoms with Crippen molar-refractivity contribution in [1.82, 2.24) is 29.3 Å². The summed E-state index contributed by atoms with van der Waals surface area (Å²) in [5.41, 5.74) is 0.673. The highest BCUT2D eigenvalue weighted by Crippen LogP contribution is 2.16. The minimum Gasteiger partial charge on any atom is -0.462 e. The molecule has 164 valence electrons. The van der Waals surface area contributed by atoms with Crippen LogP contribution in [0, 0.1) is 0 Å². The number of carbonyl (C=O) groups is 3. The number of nitrogens with zero attached hydrogens (tertiary/aromatic N) is 6. The van der Waals surface area contributed by atoms with E-state index >= 15 is 0 Å². The van der Waals surface area contributed by atoms with Crippen molar-refractivity contribution < 1.29 is 28.6 Å². The van der Waals surface area contributed by atoms with Crippen LogP contribution in [0.25, 0.3) is 0 Å². The van der Waals surface area contributed by atoms with Crippen LogP contribution < -0.4 is 0 Å². The molecule has 3 rings (SSSR count). The van der Waals surface area contributed by atoms with Gasteiger partial charge in [0.05, 0.1) is 55.1 Å². The van der Waals surface area contributed by atoms with Gasteiger partial charge in [-0.25, -0.2) is 28.4 Å². The van der Waals surface area contributed by atoms with Crippen LogP contribution in [0.4, 0.5) is 0 Å². The van der Waals surface area contributed by atoms with Crippen LogP contribution in [0.15, 0.2) is 37.2 Å². The van der Waals surface area contributed by atoms with E-state index in [-0.39, 0.29) is 36.5 Å². The standard InChI is InChI=1S/C19H22N6O6/c1-4-29-16(26)13-7-20-23(10-13)19(24-11-14(8-21-24)17(27)30-5-2)25-12-15(9-22-25)18(28)31-6-3/h7-12,19H,4-6H2,1-3H3. The minimum absolute atomic E-state index is 0.220. The zero-order valence-electron chi connectivity index (χ0n) is 17.3. The van der Waals surface area contributed by atoms with Gasteiger partial charge in [-0.3, -0.25) is 0 Å². The molecule has 0 aliphatic rings. The van der Waals surface area contributed by atoms with E-state index in [1.54, 1.807) is 20.8 Å². The van der Waals surface area contributed by atoms with E-state index in [4.69, 9.17) is 14.2 Å². The molecule has 0 aromatic carbocycles. The second-order valence-electron chi connectivity index (χ2n) is 6.13. The van der Waals surface area contributed by atoms with Gasteiger partial charge >= 0.3 is 17.9 Å². The molecule has 0 atom stereocenters. The summed E-state index contributed by atoms with van der Waals surface area (Å²) in [6.07, 6.45) is 7.54. The van der Waals surface area contributed by atoms with Gasteiger partial charge in [0, 0.05) is 18.6 Å². The molecule has 0 unspecified atom stereocenters. The monoisotopic (exact) mass is 430 g/mol. The molecule has 0 saturated carbocycles. The third kappa shape index (κ3) is 4.79. The average molecular weight is 430 g/mol. The largest absolute Gasteiger partial charge is 0.462 e. The third-order valence-corrected chi connectivity index (χ3v) is 4.05. The van der Waals surface area contributed by atoms with Crippen LogP contribution in [-0.2, 0) is 14.2 Å². The van der Waals surface area contributed by atoms with E-state index in [1.807, 2.05) is 0 Å². The van der Waals surface area contributed by atoms with Crippen LogP contribution in [0.5, 0.6) is 0 Å². The summed E-state index contributed by atoms with van der Waals surface area (Å²) in [5, 5.41) is 12.6. The lowest BCUT2D eigenvalue weighted by molar-refractivity contribution is 0.0517. The van der Waals surface area contributed by atoms with Crippen LogP contribution in [0.3, 0.4) is 0 Å². The number of hydrogen-bond donors (Lipinski definition) is 0. The molecule has 0 bridgehead atoms. The topological polar surface area (TPSA) is 132 Å². The Kier molecular flexibility index (Phi) is 6.80. The van der Waals surface area contributed by atoms with E-state index in [0.717, 1.165) is 0 Å². The molecule has 3 heterocycles. The van der Waals surface area contributed by atoms with Crippen molar-refractivity contribution in [3.63, 3.8) is 0 Å². The smallest absolute Gasteiger partial charge is 0.341 e. The van der Waals surface area contributed by atoms with Crippen molar-refractivity contribution in [3.05, 3.63) is 53.9 Å². The summed E-state index contributed by atoms with van der Waals surface area (Å²) in [5.74, 6) is -1.60. The average Bonchev–Trinajstić information content (AvgIpc) is 3.51. The fourth-order valence-corrected chi connectivity index (χ4v) is 2.72. The van der Waals surface area contributed by atoms with Crippen molar-refractivity contribution in [1.29, 1.82) is 0 Å². The molecular weight excluding hydrogens is 408 g/mol. The minimum atomic E-state index is -0.866. The first-order chi connectivity index (χ1) is 15.0. The van der Waals surface area contributed by atoms with Gasteiger partial charge in [-0.05, 0) is 20.8 Å². The second kappa shape index (κ2) is 9.69. The number of hydrogen-bond acceptors (Lipinski definition) is 9. The Morgan fingerprint density at radius 2 is 0.968 bits per heavy atom. The first kappa shape index (κ1) is 21.7. The van der Waals surface area contributed by atoms with E-state index in [2.05, 4.69) is 15.3 Å². The Labute approximate surface area is 177 Å². The number of aromatic nitrogens is 6. The predicted octanol–water partition coefficient (Wildman–Crippen LogP) is 1.36. The lowest BCUT2D eigenvalue weighted by Gasteiger charge is -2.18. The van der Waals surface area contributed by atoms with E-state index < -0.39 is 24.2 Å². The molecule has 3 aromatic rings. The quantitative estimate of drug-likeness (QED) is 0.364. The second-order valence-corrected chi connectivity index (χ2v) is 6.13. The molecule has 0 radical (unpaired) electrons. The molecule has 0 aliphatic heterocycles. The maximum absolute atomic E-state index is 12.0. The molecule has 12 nitrogen and oxygen atoms in total. The number of rotatable bonds is 9. The van der Waals surface area contributed by atoms with Crippen molar-refractivity contribution in [2.75, 3.05) is 19.8 Å². The summed E-state index contributed by atoms with van der Waals surface area (Å²) in [4.78, 5) is 36.1. The Morgan fingerprint density at radius 3 is 1.23 bits per heavy atom. The maximum atomic E-state index is 12.0. The Hall–Kier alpha value is -3.96. The van der Waals surface area contributed by atoms with Crippen LogP contribution in [0.1, 0.15) is 58.1 Å². The SMILES string of the molecule is CCOC(=O)c1cnn(C(n2cc(C(=O)OCC)cn2)n2cc(C(=O)OCC)cn2)c1. The van der Waals surface area contributed by atoms with Crippen molar-refractivity contribution >= 4 is 17.9 Å². The van der Waals surface area contributed by atoms with Gasteiger partial charge in [-0.2, -0.15) is 15.3 Å². The zero-order chi connectivity index (χ0) is 22.4. The molecule has 0 amide bonds. The highest BCUT2D eigenvalue weighted by Gasteiger charge is 2.23. The molecular formula is C19H22N6O6. The van der Waals surface area contributed by atoms with Gasteiger partial charge in [0.1, 0.15) is 0 Å². The molecule has 3 aromatic heterocycles. The molecule has 31 heavy (non-hydrogen) atoms. The third-order valence-electron chi connectivity index (χ3n) is 4.05. The first-order valence-corrected chi connectivity index (χ1v) is 9.62. The predicted molar refractivity (Wildman–Crippen MR) is 104 cm³/mol.